The minimum atomic E-state index is -2.09. The van der Waals surface area contributed by atoms with E-state index in [9.17, 15) is 34.5 Å². The minimum absolute atomic E-state index is 0.112. The molecule has 55 heavy (non-hydrogen) atoms. The van der Waals surface area contributed by atoms with Crippen molar-refractivity contribution in [2.45, 2.75) is 101 Å². The Bertz CT molecular complexity index is 1870. The van der Waals surface area contributed by atoms with Crippen LogP contribution < -0.4 is 0 Å². The van der Waals surface area contributed by atoms with E-state index in [2.05, 4.69) is 10.3 Å². The third kappa shape index (κ3) is 10.8. The summed E-state index contributed by atoms with van der Waals surface area (Å²) in [7, 11) is 1.14. The highest BCUT2D eigenvalue weighted by atomic mass is 16.6. The number of carbonyl (C=O) groups is 4. The number of unbranched alkanes of at least 4 members (excludes halogenated alkanes) is 2. The normalized spacial score (nSPS) is 20.6. The Kier molecular flexibility index (Phi) is 14.6. The van der Waals surface area contributed by atoms with Crippen LogP contribution in [-0.4, -0.2) is 85.3 Å². The van der Waals surface area contributed by atoms with Gasteiger partial charge in [-0.1, -0.05) is 96.6 Å². The molecule has 0 spiro atoms. The van der Waals surface area contributed by atoms with E-state index in [0.717, 1.165) is 28.5 Å². The molecule has 1 fully saturated rings. The molecule has 4 unspecified atom stereocenters. The van der Waals surface area contributed by atoms with Gasteiger partial charge in [0.05, 0.1) is 37.3 Å². The van der Waals surface area contributed by atoms with Crippen LogP contribution in [0, 0.1) is 5.92 Å². The highest BCUT2D eigenvalue weighted by molar-refractivity contribution is 5.96. The Morgan fingerprint density at radius 2 is 1.58 bits per heavy atom. The number of methoxy groups -OCH3 is 1. The van der Waals surface area contributed by atoms with E-state index in [4.69, 9.17) is 14.2 Å². The van der Waals surface area contributed by atoms with E-state index in [-0.39, 0.29) is 56.2 Å². The van der Waals surface area contributed by atoms with Crippen LogP contribution in [-0.2, 0) is 47.3 Å². The Balaban J connectivity index is 1.21. The van der Waals surface area contributed by atoms with E-state index in [1.807, 2.05) is 72.8 Å². The van der Waals surface area contributed by atoms with Gasteiger partial charge in [0.25, 0.3) is 5.72 Å². The lowest BCUT2D eigenvalue weighted by Crippen LogP contribution is -2.61. The number of aromatic nitrogens is 3. The quantitative estimate of drug-likeness (QED) is 0.0679. The number of rotatable bonds is 19. The number of nitrogens with zero attached hydrogens (tertiary/aromatic N) is 3. The van der Waals surface area contributed by atoms with Crippen molar-refractivity contribution in [1.29, 1.82) is 0 Å². The molecular weight excluding hydrogens is 706 g/mol. The Labute approximate surface area is 320 Å². The van der Waals surface area contributed by atoms with Crippen LogP contribution >= 0.6 is 0 Å². The summed E-state index contributed by atoms with van der Waals surface area (Å²) in [4.78, 5) is 51.0. The second-order valence-corrected chi connectivity index (χ2v) is 14.0. The lowest BCUT2D eigenvalue weighted by atomic mass is 9.79. The first-order valence-corrected chi connectivity index (χ1v) is 18.6. The van der Waals surface area contributed by atoms with Crippen LogP contribution in [0.25, 0.3) is 11.1 Å². The number of aryl methyl sites for hydroxylation is 1. The number of hydrogen-bond donors (Lipinski definition) is 3. The number of benzene rings is 3. The Morgan fingerprint density at radius 1 is 0.909 bits per heavy atom. The van der Waals surface area contributed by atoms with Gasteiger partial charge in [-0.25, -0.2) is 9.48 Å². The lowest BCUT2D eigenvalue weighted by molar-refractivity contribution is -0.269. The van der Waals surface area contributed by atoms with Crippen molar-refractivity contribution >= 4 is 23.5 Å². The number of ketones is 2. The molecule has 0 radical (unpaired) electrons. The summed E-state index contributed by atoms with van der Waals surface area (Å²) in [6.45, 7) is 1.55. The molecule has 3 N–H and O–H groups in total. The number of carbonyl (C=O) groups excluding carboxylic acids is 4. The van der Waals surface area contributed by atoms with E-state index in [1.54, 1.807) is 12.1 Å². The van der Waals surface area contributed by atoms with Gasteiger partial charge in [0.15, 0.2) is 5.78 Å². The van der Waals surface area contributed by atoms with Crippen molar-refractivity contribution in [2.24, 2.45) is 5.92 Å². The van der Waals surface area contributed by atoms with Gasteiger partial charge in [0.2, 0.25) is 0 Å². The average Bonchev–Trinajstić information content (AvgIpc) is 3.69. The van der Waals surface area contributed by atoms with Crippen molar-refractivity contribution in [1.82, 2.24) is 15.0 Å². The zero-order valence-corrected chi connectivity index (χ0v) is 31.2. The van der Waals surface area contributed by atoms with Gasteiger partial charge in [-0.3, -0.25) is 9.59 Å². The summed E-state index contributed by atoms with van der Waals surface area (Å²) in [5.41, 5.74) is 1.72. The smallest absolute Gasteiger partial charge is 0.361 e. The molecule has 1 aliphatic rings. The van der Waals surface area contributed by atoms with Crippen molar-refractivity contribution in [3.63, 3.8) is 0 Å². The van der Waals surface area contributed by atoms with Crippen LogP contribution in [0.1, 0.15) is 79.9 Å². The van der Waals surface area contributed by atoms with Crippen molar-refractivity contribution in [2.75, 3.05) is 7.11 Å². The molecule has 0 amide bonds. The molecule has 0 saturated carbocycles. The van der Waals surface area contributed by atoms with E-state index < -0.39 is 42.0 Å². The first-order chi connectivity index (χ1) is 26.5. The lowest BCUT2D eigenvalue weighted by Gasteiger charge is -2.47. The third-order valence-corrected chi connectivity index (χ3v) is 9.94. The number of aliphatic hydroxyl groups is 3. The molecule has 5 rings (SSSR count). The molecule has 0 bridgehead atoms. The molecular formula is C42H49N3O10. The zero-order valence-electron chi connectivity index (χ0n) is 31.2. The molecule has 3 aromatic carbocycles. The molecule has 1 aliphatic heterocycles. The maximum absolute atomic E-state index is 13.5. The van der Waals surface area contributed by atoms with Crippen LogP contribution in [0.3, 0.4) is 0 Å². The van der Waals surface area contributed by atoms with Gasteiger partial charge in [0, 0.05) is 37.2 Å². The highest BCUT2D eigenvalue weighted by Gasteiger charge is 2.57. The number of hydrogen-bond acceptors (Lipinski definition) is 12. The van der Waals surface area contributed by atoms with Gasteiger partial charge in [-0.05, 0) is 49.3 Å². The molecule has 13 heteroatoms. The second-order valence-electron chi connectivity index (χ2n) is 14.0. The van der Waals surface area contributed by atoms with Crippen molar-refractivity contribution in [3.8, 4) is 11.1 Å². The van der Waals surface area contributed by atoms with E-state index in [1.165, 1.54) is 13.1 Å². The summed E-state index contributed by atoms with van der Waals surface area (Å²) in [5.74, 6) is -2.76. The molecule has 1 saturated heterocycles. The predicted octanol–water partition coefficient (Wildman–Crippen LogP) is 4.75. The summed E-state index contributed by atoms with van der Waals surface area (Å²) in [6.07, 6.45) is -2.69. The minimum Gasteiger partial charge on any atom is -0.465 e. The number of aliphatic hydroxyl groups excluding tert-OH is 3. The Hall–Kier alpha value is -5.08. The summed E-state index contributed by atoms with van der Waals surface area (Å²) in [6, 6.07) is 26.2. The van der Waals surface area contributed by atoms with Crippen molar-refractivity contribution < 1.29 is 48.7 Å². The fourth-order valence-corrected chi connectivity index (χ4v) is 6.90. The van der Waals surface area contributed by atoms with Gasteiger partial charge in [0.1, 0.15) is 18.5 Å². The summed E-state index contributed by atoms with van der Waals surface area (Å²) in [5, 5.41) is 42.4. The van der Waals surface area contributed by atoms with Gasteiger partial charge in [-0.2, -0.15) is 0 Å². The van der Waals surface area contributed by atoms with Gasteiger partial charge in [-0.15, -0.1) is 5.10 Å². The fourth-order valence-electron chi connectivity index (χ4n) is 6.90. The van der Waals surface area contributed by atoms with Crippen LogP contribution in [0.5, 0.6) is 0 Å². The standard InChI is InChI=1S/C42H49N3O10/c1-28(46)24-34-37(49)25-42(41(52)53-2,45-26-33(43-44-45)16-10-5-11-17-38(50)54-27-29-12-6-3-7-13-29)55-40(34)39(51)36(48)23-22-35(47)32-20-18-31(19-21-32)30-14-8-4-9-15-30/h3-4,6-9,12-15,18-21,26,34,36-37,39-40,48-49,51H,5,10-11,16-17,22-25,27H2,1-2H3/t34?,36-,37?,39+,40?,42?/m1/s1. The fraction of sp³-hybridized carbons (Fsp3) is 0.429. The molecule has 6 atom stereocenters. The SMILES string of the molecule is COC(=O)C1(n2cc(CCCCCC(=O)OCc3ccccc3)nn2)CC(O)C(CC(C)=O)C([C@@H](O)[C@H](O)CCC(=O)c2ccc(-c3ccccc3)cc2)O1. The first kappa shape index (κ1) is 41.1. The molecule has 13 nitrogen and oxygen atoms in total. The topological polar surface area (TPSA) is 187 Å². The number of Topliss-reactive ketones (excluding diaryl/α,β-unsaturated/α-hetero) is 2. The average molecular weight is 756 g/mol. The van der Waals surface area contributed by atoms with Gasteiger partial charge < -0.3 is 34.3 Å². The van der Waals surface area contributed by atoms with Crippen LogP contribution in [0.4, 0.5) is 0 Å². The largest absolute Gasteiger partial charge is 0.465 e. The summed E-state index contributed by atoms with van der Waals surface area (Å²) < 4.78 is 17.9. The number of esters is 2. The predicted molar refractivity (Wildman–Crippen MR) is 200 cm³/mol. The van der Waals surface area contributed by atoms with Crippen LogP contribution in [0.2, 0.25) is 0 Å². The maximum atomic E-state index is 13.5. The van der Waals surface area contributed by atoms with E-state index >= 15 is 0 Å². The molecule has 2 heterocycles. The Morgan fingerprint density at radius 3 is 2.25 bits per heavy atom. The maximum Gasteiger partial charge on any atom is 0.361 e. The molecule has 0 aliphatic carbocycles. The number of ether oxygens (including phenoxy) is 3. The third-order valence-electron chi connectivity index (χ3n) is 9.94. The van der Waals surface area contributed by atoms with Crippen molar-refractivity contribution in [3.05, 3.63) is 108 Å². The molecule has 1 aromatic heterocycles. The van der Waals surface area contributed by atoms with Crippen LogP contribution in [0.15, 0.2) is 91.1 Å². The van der Waals surface area contributed by atoms with E-state index in [0.29, 0.717) is 36.9 Å². The monoisotopic (exact) mass is 755 g/mol. The highest BCUT2D eigenvalue weighted by Crippen LogP contribution is 2.41. The first-order valence-electron chi connectivity index (χ1n) is 18.6. The van der Waals surface area contributed by atoms with Gasteiger partial charge >= 0.3 is 11.9 Å². The zero-order chi connectivity index (χ0) is 39.4. The summed E-state index contributed by atoms with van der Waals surface area (Å²) >= 11 is 0. The second kappa shape index (κ2) is 19.5. The molecule has 292 valence electrons. The molecule has 4 aromatic rings.